The molecule has 1 fully saturated rings. The fraction of sp³-hybridized carbons (Fsp3) is 0.556. The van der Waals surface area contributed by atoms with E-state index >= 15 is 0 Å². The first-order valence-corrected chi connectivity index (χ1v) is 8.72. The van der Waals surface area contributed by atoms with Crippen molar-refractivity contribution < 1.29 is 23.8 Å². The number of hydrogen-bond donors (Lipinski definition) is 1. The molecular weight excluding hydrogens is 346 g/mol. The van der Waals surface area contributed by atoms with Gasteiger partial charge in [0.15, 0.2) is 18.1 Å². The molecule has 0 spiro atoms. The maximum absolute atomic E-state index is 12.2. The van der Waals surface area contributed by atoms with E-state index in [-0.39, 0.29) is 29.1 Å². The second-order valence-electron chi connectivity index (χ2n) is 6.21. The molecule has 1 amide bonds. The molecule has 2 rings (SSSR count). The molecule has 0 saturated heterocycles. The van der Waals surface area contributed by atoms with Crippen LogP contribution in [0.2, 0.25) is 5.02 Å². The summed E-state index contributed by atoms with van der Waals surface area (Å²) in [6.07, 6.45) is 4.38. The first-order chi connectivity index (χ1) is 12.0. The minimum Gasteiger partial charge on any atom is -0.493 e. The molecule has 1 saturated carbocycles. The van der Waals surface area contributed by atoms with E-state index in [4.69, 9.17) is 25.8 Å². The Hall–Kier alpha value is -1.95. The van der Waals surface area contributed by atoms with Gasteiger partial charge in [-0.3, -0.25) is 4.79 Å². The Bertz CT molecular complexity index is 634. The molecule has 1 N–H and O–H groups in total. The van der Waals surface area contributed by atoms with E-state index in [1.54, 1.807) is 0 Å². The van der Waals surface area contributed by atoms with Gasteiger partial charge in [0.2, 0.25) is 0 Å². The fourth-order valence-electron chi connectivity index (χ4n) is 3.03. The minimum atomic E-state index is -0.644. The van der Waals surface area contributed by atoms with Crippen LogP contribution in [0.1, 0.15) is 43.0 Å². The van der Waals surface area contributed by atoms with Crippen LogP contribution in [0, 0.1) is 5.92 Å². The van der Waals surface area contributed by atoms with Crippen LogP contribution in [-0.4, -0.2) is 38.7 Å². The number of halogens is 1. The van der Waals surface area contributed by atoms with Crippen LogP contribution in [0.5, 0.6) is 11.5 Å². The number of rotatable bonds is 6. The molecule has 6 nitrogen and oxygen atoms in total. The number of hydrogen-bond acceptors (Lipinski definition) is 5. The Balaban J connectivity index is 1.93. The molecule has 1 aliphatic carbocycles. The van der Waals surface area contributed by atoms with Crippen molar-refractivity contribution in [2.75, 3.05) is 20.8 Å². The zero-order valence-corrected chi connectivity index (χ0v) is 15.5. The summed E-state index contributed by atoms with van der Waals surface area (Å²) in [6, 6.07) is 3.04. The van der Waals surface area contributed by atoms with Gasteiger partial charge in [-0.1, -0.05) is 31.4 Å². The standard InChI is InChI=1S/C18H24ClNO5/c1-11-6-4-5-7-14(11)20-16(21)10-25-18(22)12-8-13(19)17(24-3)15(9-12)23-2/h8-9,11,14H,4-7,10H2,1-3H3,(H,20,21)/t11-,14+/m0/s1. The van der Waals surface area contributed by atoms with Gasteiger partial charge in [-0.2, -0.15) is 0 Å². The van der Waals surface area contributed by atoms with Crippen LogP contribution < -0.4 is 14.8 Å². The van der Waals surface area contributed by atoms with Gasteiger partial charge < -0.3 is 19.5 Å². The molecule has 0 unspecified atom stereocenters. The van der Waals surface area contributed by atoms with Crippen molar-refractivity contribution in [3.05, 3.63) is 22.7 Å². The number of esters is 1. The molecule has 0 heterocycles. The normalized spacial score (nSPS) is 19.8. The van der Waals surface area contributed by atoms with Crippen LogP contribution in [0.3, 0.4) is 0 Å². The van der Waals surface area contributed by atoms with E-state index in [9.17, 15) is 9.59 Å². The van der Waals surface area contributed by atoms with Gasteiger partial charge in [0, 0.05) is 6.04 Å². The van der Waals surface area contributed by atoms with Crippen molar-refractivity contribution in [1.82, 2.24) is 5.32 Å². The molecule has 0 bridgehead atoms. The summed E-state index contributed by atoms with van der Waals surface area (Å²) in [6.45, 7) is 1.80. The molecule has 0 aromatic heterocycles. The van der Waals surface area contributed by atoms with E-state index in [0.717, 1.165) is 19.3 Å². The van der Waals surface area contributed by atoms with Crippen LogP contribution in [-0.2, 0) is 9.53 Å². The molecule has 0 radical (unpaired) electrons. The van der Waals surface area contributed by atoms with Gasteiger partial charge in [-0.05, 0) is 30.9 Å². The number of carbonyl (C=O) groups excluding carboxylic acids is 2. The zero-order valence-electron chi connectivity index (χ0n) is 14.8. The van der Waals surface area contributed by atoms with Crippen LogP contribution in [0.4, 0.5) is 0 Å². The number of nitrogens with one attached hydrogen (secondary N) is 1. The smallest absolute Gasteiger partial charge is 0.338 e. The highest BCUT2D eigenvalue weighted by molar-refractivity contribution is 6.32. The predicted molar refractivity (Wildman–Crippen MR) is 94.4 cm³/mol. The Kier molecular flexibility index (Phi) is 6.93. The third-order valence-corrected chi connectivity index (χ3v) is 4.74. The first kappa shape index (κ1) is 19.4. The Labute approximate surface area is 152 Å². The van der Waals surface area contributed by atoms with Crippen LogP contribution in [0.15, 0.2) is 12.1 Å². The monoisotopic (exact) mass is 369 g/mol. The van der Waals surface area contributed by atoms with Gasteiger partial charge in [0.1, 0.15) is 0 Å². The van der Waals surface area contributed by atoms with Gasteiger partial charge in [-0.15, -0.1) is 0 Å². The topological polar surface area (TPSA) is 73.9 Å². The second-order valence-corrected chi connectivity index (χ2v) is 6.61. The van der Waals surface area contributed by atoms with Gasteiger partial charge >= 0.3 is 5.97 Å². The van der Waals surface area contributed by atoms with Gasteiger partial charge in [0.05, 0.1) is 24.8 Å². The van der Waals surface area contributed by atoms with E-state index in [1.807, 2.05) is 0 Å². The third-order valence-electron chi connectivity index (χ3n) is 4.46. The van der Waals surface area contributed by atoms with Crippen molar-refractivity contribution in [2.45, 2.75) is 38.6 Å². The number of benzene rings is 1. The lowest BCUT2D eigenvalue weighted by Gasteiger charge is -2.29. The highest BCUT2D eigenvalue weighted by Crippen LogP contribution is 2.36. The lowest BCUT2D eigenvalue weighted by Crippen LogP contribution is -2.42. The van der Waals surface area contributed by atoms with Crippen LogP contribution in [0.25, 0.3) is 0 Å². The van der Waals surface area contributed by atoms with Crippen molar-refractivity contribution >= 4 is 23.5 Å². The maximum Gasteiger partial charge on any atom is 0.338 e. The molecule has 1 aromatic rings. The molecule has 2 atom stereocenters. The lowest BCUT2D eigenvalue weighted by molar-refractivity contribution is -0.125. The largest absolute Gasteiger partial charge is 0.493 e. The Morgan fingerprint density at radius 2 is 1.92 bits per heavy atom. The first-order valence-electron chi connectivity index (χ1n) is 8.34. The number of ether oxygens (including phenoxy) is 3. The molecule has 25 heavy (non-hydrogen) atoms. The summed E-state index contributed by atoms with van der Waals surface area (Å²) < 4.78 is 15.4. The Morgan fingerprint density at radius 3 is 2.56 bits per heavy atom. The summed E-state index contributed by atoms with van der Waals surface area (Å²) in [4.78, 5) is 24.2. The lowest BCUT2D eigenvalue weighted by atomic mass is 9.86. The summed E-state index contributed by atoms with van der Waals surface area (Å²) in [5.41, 5.74) is 0.196. The minimum absolute atomic E-state index is 0.149. The summed E-state index contributed by atoms with van der Waals surface area (Å²) in [7, 11) is 2.90. The zero-order chi connectivity index (χ0) is 18.4. The van der Waals surface area contributed by atoms with Crippen molar-refractivity contribution in [3.8, 4) is 11.5 Å². The maximum atomic E-state index is 12.2. The van der Waals surface area contributed by atoms with Crippen molar-refractivity contribution in [2.24, 2.45) is 5.92 Å². The highest BCUT2D eigenvalue weighted by Gasteiger charge is 2.23. The molecule has 7 heteroatoms. The summed E-state index contributed by atoms with van der Waals surface area (Å²) in [5, 5.41) is 3.17. The van der Waals surface area contributed by atoms with Gasteiger partial charge in [-0.25, -0.2) is 4.79 Å². The number of methoxy groups -OCH3 is 2. The van der Waals surface area contributed by atoms with E-state index in [2.05, 4.69) is 12.2 Å². The van der Waals surface area contributed by atoms with E-state index in [1.165, 1.54) is 32.8 Å². The molecular formula is C18H24ClNO5. The van der Waals surface area contributed by atoms with Crippen molar-refractivity contribution in [1.29, 1.82) is 0 Å². The molecule has 1 aliphatic rings. The predicted octanol–water partition coefficient (Wildman–Crippen LogP) is 3.21. The summed E-state index contributed by atoms with van der Waals surface area (Å²) >= 11 is 6.07. The van der Waals surface area contributed by atoms with E-state index < -0.39 is 5.97 Å². The summed E-state index contributed by atoms with van der Waals surface area (Å²) in [5.74, 6) is 0.165. The average Bonchev–Trinajstić information content (AvgIpc) is 2.60. The molecule has 0 aliphatic heterocycles. The Morgan fingerprint density at radius 1 is 1.20 bits per heavy atom. The molecule has 1 aromatic carbocycles. The second kappa shape index (κ2) is 8.94. The number of amides is 1. The molecule has 138 valence electrons. The van der Waals surface area contributed by atoms with Crippen molar-refractivity contribution in [3.63, 3.8) is 0 Å². The third kappa shape index (κ3) is 5.01. The average molecular weight is 370 g/mol. The van der Waals surface area contributed by atoms with E-state index in [0.29, 0.717) is 17.4 Å². The number of carbonyl (C=O) groups is 2. The fourth-order valence-corrected chi connectivity index (χ4v) is 3.32. The van der Waals surface area contributed by atoms with Crippen LogP contribution >= 0.6 is 11.6 Å². The highest BCUT2D eigenvalue weighted by atomic mass is 35.5. The van der Waals surface area contributed by atoms with Gasteiger partial charge in [0.25, 0.3) is 5.91 Å². The quantitative estimate of drug-likeness (QED) is 0.779. The SMILES string of the molecule is COc1cc(C(=O)OCC(=O)N[C@@H]2CCCC[C@@H]2C)cc(Cl)c1OC.